The molecule has 0 unspecified atom stereocenters. The molecule has 1 N–H and O–H groups in total. The summed E-state index contributed by atoms with van der Waals surface area (Å²) in [6.07, 6.45) is 0. The van der Waals surface area contributed by atoms with Crippen LogP contribution in [0.1, 0.15) is 21.5 Å². The van der Waals surface area contributed by atoms with Gasteiger partial charge in [-0.25, -0.2) is 0 Å². The molecule has 0 spiro atoms. The Kier molecular flexibility index (Phi) is 6.71. The maximum absolute atomic E-state index is 12.3. The second kappa shape index (κ2) is 8.98. The summed E-state index contributed by atoms with van der Waals surface area (Å²) < 4.78 is 39.0. The molecule has 0 atom stereocenters. The number of hydrogen-bond acceptors (Lipinski definition) is 4. The van der Waals surface area contributed by atoms with Crippen molar-refractivity contribution in [2.45, 2.75) is 19.8 Å². The lowest BCUT2D eigenvalue weighted by atomic mass is 10.1. The maximum atomic E-state index is 12.3. The van der Waals surface area contributed by atoms with Gasteiger partial charge in [0.2, 0.25) is 0 Å². The van der Waals surface area contributed by atoms with E-state index in [1.54, 1.807) is 7.11 Å². The smallest absolute Gasteiger partial charge is 0.387 e. The number of nitrogens with one attached hydrogen (secondary N) is 1. The molecule has 1 amide bonds. The van der Waals surface area contributed by atoms with E-state index in [0.717, 1.165) is 11.1 Å². The Morgan fingerprint density at radius 3 is 2.32 bits per heavy atom. The minimum Gasteiger partial charge on any atom is -0.493 e. The van der Waals surface area contributed by atoms with Crippen LogP contribution in [0.5, 0.6) is 11.5 Å². The molecule has 0 aromatic heterocycles. The van der Waals surface area contributed by atoms with Crippen LogP contribution in [0, 0.1) is 0 Å². The van der Waals surface area contributed by atoms with E-state index in [2.05, 4.69) is 10.1 Å². The molecule has 2 aromatic carbocycles. The molecule has 0 radical (unpaired) electrons. The van der Waals surface area contributed by atoms with Crippen LogP contribution in [0.4, 0.5) is 8.78 Å². The Morgan fingerprint density at radius 2 is 1.72 bits per heavy atom. The summed E-state index contributed by atoms with van der Waals surface area (Å²) in [5.74, 6) is -0.400. The van der Waals surface area contributed by atoms with Crippen molar-refractivity contribution in [1.82, 2.24) is 5.32 Å². The van der Waals surface area contributed by atoms with E-state index < -0.39 is 6.61 Å². The Hall–Kier alpha value is -2.67. The number of methoxy groups -OCH3 is 2. The molecule has 0 aliphatic carbocycles. The highest BCUT2D eigenvalue weighted by Gasteiger charge is 2.14. The average molecular weight is 351 g/mol. The van der Waals surface area contributed by atoms with E-state index in [9.17, 15) is 13.6 Å². The summed E-state index contributed by atoms with van der Waals surface area (Å²) in [7, 11) is 2.94. The van der Waals surface area contributed by atoms with Gasteiger partial charge in [0.1, 0.15) is 0 Å². The largest absolute Gasteiger partial charge is 0.493 e. The molecule has 25 heavy (non-hydrogen) atoms. The minimum absolute atomic E-state index is 0.0665. The van der Waals surface area contributed by atoms with Crippen molar-refractivity contribution in [3.05, 3.63) is 59.2 Å². The molecule has 0 aliphatic heterocycles. The SMILES string of the molecule is COCc1ccc(CNC(=O)c2ccc(OC(F)F)c(OC)c2)cc1. The third-order valence-electron chi connectivity index (χ3n) is 3.43. The first-order valence-electron chi connectivity index (χ1n) is 7.51. The summed E-state index contributed by atoms with van der Waals surface area (Å²) in [6, 6.07) is 11.7. The number of carbonyl (C=O) groups excluding carboxylic acids is 1. The predicted octanol–water partition coefficient (Wildman–Crippen LogP) is 3.37. The second-order valence-corrected chi connectivity index (χ2v) is 5.18. The molecule has 0 bridgehead atoms. The lowest BCUT2D eigenvalue weighted by Crippen LogP contribution is -2.22. The molecular formula is C18H19F2NO4. The van der Waals surface area contributed by atoms with Gasteiger partial charge in [0, 0.05) is 19.2 Å². The number of ether oxygens (including phenoxy) is 3. The number of amides is 1. The van der Waals surface area contributed by atoms with Crippen LogP contribution in [0.3, 0.4) is 0 Å². The molecular weight excluding hydrogens is 332 g/mol. The maximum Gasteiger partial charge on any atom is 0.387 e. The molecule has 0 fully saturated rings. The topological polar surface area (TPSA) is 56.8 Å². The van der Waals surface area contributed by atoms with Crippen LogP contribution in [0.2, 0.25) is 0 Å². The van der Waals surface area contributed by atoms with E-state index in [-0.39, 0.29) is 23.0 Å². The van der Waals surface area contributed by atoms with Crippen LogP contribution < -0.4 is 14.8 Å². The van der Waals surface area contributed by atoms with E-state index >= 15 is 0 Å². The Labute approximate surface area is 144 Å². The molecule has 2 rings (SSSR count). The molecule has 0 saturated heterocycles. The first-order valence-corrected chi connectivity index (χ1v) is 7.51. The van der Waals surface area contributed by atoms with Crippen molar-refractivity contribution < 1.29 is 27.8 Å². The molecule has 7 heteroatoms. The van der Waals surface area contributed by atoms with Gasteiger partial charge in [0.05, 0.1) is 13.7 Å². The van der Waals surface area contributed by atoms with Gasteiger partial charge in [-0.1, -0.05) is 24.3 Å². The molecule has 0 saturated carbocycles. The van der Waals surface area contributed by atoms with Crippen LogP contribution >= 0.6 is 0 Å². The van der Waals surface area contributed by atoms with Gasteiger partial charge in [-0.05, 0) is 29.3 Å². The molecule has 0 aliphatic rings. The van der Waals surface area contributed by atoms with E-state index in [1.165, 1.54) is 25.3 Å². The Bertz CT molecular complexity index is 705. The van der Waals surface area contributed by atoms with Gasteiger partial charge in [-0.15, -0.1) is 0 Å². The lowest BCUT2D eigenvalue weighted by Gasteiger charge is -2.11. The van der Waals surface area contributed by atoms with Gasteiger partial charge in [0.15, 0.2) is 11.5 Å². The van der Waals surface area contributed by atoms with Crippen molar-refractivity contribution >= 4 is 5.91 Å². The minimum atomic E-state index is -2.96. The van der Waals surface area contributed by atoms with Crippen LogP contribution in [-0.2, 0) is 17.9 Å². The zero-order chi connectivity index (χ0) is 18.2. The summed E-state index contributed by atoms with van der Waals surface area (Å²) in [4.78, 5) is 12.2. The first-order chi connectivity index (χ1) is 12.0. The number of alkyl halides is 2. The van der Waals surface area contributed by atoms with Gasteiger partial charge in [-0.2, -0.15) is 8.78 Å². The van der Waals surface area contributed by atoms with Gasteiger partial charge < -0.3 is 19.5 Å². The first kappa shape index (κ1) is 18.7. The number of halogens is 2. The van der Waals surface area contributed by atoms with E-state index in [4.69, 9.17) is 9.47 Å². The number of rotatable bonds is 8. The summed E-state index contributed by atoms with van der Waals surface area (Å²) >= 11 is 0. The number of hydrogen-bond donors (Lipinski definition) is 1. The Morgan fingerprint density at radius 1 is 1.04 bits per heavy atom. The number of carbonyl (C=O) groups is 1. The zero-order valence-electron chi connectivity index (χ0n) is 13.9. The van der Waals surface area contributed by atoms with E-state index in [1.807, 2.05) is 24.3 Å². The van der Waals surface area contributed by atoms with Crippen LogP contribution in [0.25, 0.3) is 0 Å². The summed E-state index contributed by atoms with van der Waals surface area (Å²) in [5, 5.41) is 2.76. The van der Waals surface area contributed by atoms with Crippen molar-refractivity contribution in [3.8, 4) is 11.5 Å². The number of benzene rings is 2. The molecule has 2 aromatic rings. The van der Waals surface area contributed by atoms with E-state index in [0.29, 0.717) is 13.2 Å². The quantitative estimate of drug-likeness (QED) is 0.792. The summed E-state index contributed by atoms with van der Waals surface area (Å²) in [6.45, 7) is -2.10. The van der Waals surface area contributed by atoms with Crippen molar-refractivity contribution in [3.63, 3.8) is 0 Å². The monoisotopic (exact) mass is 351 g/mol. The highest BCUT2D eigenvalue weighted by molar-refractivity contribution is 5.94. The standard InChI is InChI=1S/C18H19F2NO4/c1-23-11-13-5-3-12(4-6-13)10-21-17(22)14-7-8-15(25-18(19)20)16(9-14)24-2/h3-9,18H,10-11H2,1-2H3,(H,21,22). The van der Waals surface area contributed by atoms with Crippen LogP contribution in [0.15, 0.2) is 42.5 Å². The summed E-state index contributed by atoms with van der Waals surface area (Å²) in [5.41, 5.74) is 2.25. The third-order valence-corrected chi connectivity index (χ3v) is 3.43. The lowest BCUT2D eigenvalue weighted by molar-refractivity contribution is -0.0512. The average Bonchev–Trinajstić information content (AvgIpc) is 2.61. The normalized spacial score (nSPS) is 10.6. The second-order valence-electron chi connectivity index (χ2n) is 5.18. The third kappa shape index (κ3) is 5.42. The zero-order valence-corrected chi connectivity index (χ0v) is 13.9. The fourth-order valence-electron chi connectivity index (χ4n) is 2.21. The van der Waals surface area contributed by atoms with Crippen molar-refractivity contribution in [1.29, 1.82) is 0 Å². The highest BCUT2D eigenvalue weighted by atomic mass is 19.3. The fraction of sp³-hybridized carbons (Fsp3) is 0.278. The molecule has 5 nitrogen and oxygen atoms in total. The highest BCUT2D eigenvalue weighted by Crippen LogP contribution is 2.29. The molecule has 134 valence electrons. The van der Waals surface area contributed by atoms with Crippen molar-refractivity contribution in [2.75, 3.05) is 14.2 Å². The van der Waals surface area contributed by atoms with Crippen LogP contribution in [-0.4, -0.2) is 26.7 Å². The van der Waals surface area contributed by atoms with Gasteiger partial charge in [-0.3, -0.25) is 4.79 Å². The predicted molar refractivity (Wildman–Crippen MR) is 88.0 cm³/mol. The molecule has 0 heterocycles. The Balaban J connectivity index is 2.00. The van der Waals surface area contributed by atoms with Gasteiger partial charge in [0.25, 0.3) is 5.91 Å². The van der Waals surface area contributed by atoms with Gasteiger partial charge >= 0.3 is 6.61 Å². The van der Waals surface area contributed by atoms with Crippen molar-refractivity contribution in [2.24, 2.45) is 0 Å². The fourth-order valence-corrected chi connectivity index (χ4v) is 2.21.